The van der Waals surface area contributed by atoms with Gasteiger partial charge in [-0.3, -0.25) is 4.79 Å². The van der Waals surface area contributed by atoms with Crippen molar-refractivity contribution >= 4 is 29.4 Å². The average molecular weight is 526 g/mol. The van der Waals surface area contributed by atoms with Gasteiger partial charge in [0.05, 0.1) is 18.0 Å². The molecule has 0 aliphatic carbocycles. The Kier molecular flexibility index (Phi) is 7.18. The molecule has 13 heteroatoms. The number of aromatic nitrogens is 2. The predicted molar refractivity (Wildman–Crippen MR) is 123 cm³/mol. The van der Waals surface area contributed by atoms with Crippen LogP contribution in [0.5, 0.6) is 0 Å². The molecule has 1 aromatic heterocycles. The van der Waals surface area contributed by atoms with Crippen LogP contribution in [0.1, 0.15) is 12.5 Å². The highest BCUT2D eigenvalue weighted by Gasteiger charge is 2.36. The zero-order valence-electron chi connectivity index (χ0n) is 18.7. The number of hydrogen-bond acceptors (Lipinski definition) is 4. The van der Waals surface area contributed by atoms with Crippen molar-refractivity contribution in [3.05, 3.63) is 64.9 Å². The van der Waals surface area contributed by atoms with Crippen LogP contribution in [-0.2, 0) is 16.1 Å². The molecule has 190 valence electrons. The predicted octanol–water partition coefficient (Wildman–Crippen LogP) is 4.42. The van der Waals surface area contributed by atoms with E-state index in [-0.39, 0.29) is 24.0 Å². The van der Waals surface area contributed by atoms with Crippen LogP contribution in [-0.4, -0.2) is 46.6 Å². The lowest BCUT2D eigenvalue weighted by Gasteiger charge is -2.17. The number of alkyl halides is 3. The largest absolute Gasteiger partial charge is 0.414 e. The quantitative estimate of drug-likeness (QED) is 0.398. The van der Waals surface area contributed by atoms with Crippen molar-refractivity contribution in [2.24, 2.45) is 0 Å². The molecule has 1 fully saturated rings. The first kappa shape index (κ1) is 25.5. The van der Waals surface area contributed by atoms with Gasteiger partial charge in [-0.2, -0.15) is 13.2 Å². The molecule has 3 N–H and O–H groups in total. The van der Waals surface area contributed by atoms with Gasteiger partial charge in [0.1, 0.15) is 11.9 Å². The molecular formula is C23H20ClF4N5O3. The third-order valence-electron chi connectivity index (χ3n) is 5.33. The van der Waals surface area contributed by atoms with Crippen molar-refractivity contribution in [3.8, 4) is 16.9 Å². The second-order valence-corrected chi connectivity index (χ2v) is 8.48. The van der Waals surface area contributed by atoms with E-state index in [0.717, 1.165) is 6.92 Å². The zero-order chi connectivity index (χ0) is 26.0. The molecule has 0 radical (unpaired) electrons. The smallest absolute Gasteiger partial charge is 0.364 e. The molecule has 2 atom stereocenters. The van der Waals surface area contributed by atoms with Gasteiger partial charge in [-0.25, -0.2) is 13.9 Å². The first-order chi connectivity index (χ1) is 17.0. The summed E-state index contributed by atoms with van der Waals surface area (Å²) in [5, 5.41) is 12.2. The van der Waals surface area contributed by atoms with Gasteiger partial charge in [0.15, 0.2) is 11.9 Å². The van der Waals surface area contributed by atoms with E-state index in [1.165, 1.54) is 41.1 Å². The highest BCUT2D eigenvalue weighted by Crippen LogP contribution is 2.31. The number of nitrogens with one attached hydrogen (secondary N) is 3. The van der Waals surface area contributed by atoms with Gasteiger partial charge in [-0.15, -0.1) is 5.10 Å². The number of anilines is 1. The average Bonchev–Trinajstić information content (AvgIpc) is 3.43. The molecule has 36 heavy (non-hydrogen) atoms. The van der Waals surface area contributed by atoms with E-state index in [1.807, 2.05) is 0 Å². The van der Waals surface area contributed by atoms with Crippen molar-refractivity contribution < 1.29 is 31.9 Å². The molecule has 3 amide bonds. The summed E-state index contributed by atoms with van der Waals surface area (Å²) in [7, 11) is 0. The molecule has 0 spiro atoms. The number of rotatable bonds is 7. The lowest BCUT2D eigenvalue weighted by atomic mass is 10.1. The minimum atomic E-state index is -4.51. The van der Waals surface area contributed by atoms with E-state index >= 15 is 0 Å². The molecule has 0 unspecified atom stereocenters. The highest BCUT2D eigenvalue weighted by atomic mass is 35.5. The second kappa shape index (κ2) is 10.2. The molecule has 2 aromatic carbocycles. The third kappa shape index (κ3) is 5.94. The van der Waals surface area contributed by atoms with E-state index in [4.69, 9.17) is 16.3 Å². The highest BCUT2D eigenvalue weighted by molar-refractivity contribution is 6.31. The topological polar surface area (TPSA) is 97.3 Å². The van der Waals surface area contributed by atoms with Gasteiger partial charge in [-0.05, 0) is 55.0 Å². The summed E-state index contributed by atoms with van der Waals surface area (Å²) < 4.78 is 58.4. The number of urea groups is 1. The van der Waals surface area contributed by atoms with Gasteiger partial charge in [-0.1, -0.05) is 11.6 Å². The van der Waals surface area contributed by atoms with Crippen LogP contribution in [0.2, 0.25) is 5.02 Å². The van der Waals surface area contributed by atoms with Gasteiger partial charge < -0.3 is 20.7 Å². The van der Waals surface area contributed by atoms with E-state index in [0.29, 0.717) is 22.5 Å². The fraction of sp³-hybridized carbons (Fsp3) is 0.261. The van der Waals surface area contributed by atoms with Crippen molar-refractivity contribution in [1.29, 1.82) is 0 Å². The van der Waals surface area contributed by atoms with Gasteiger partial charge in [0.2, 0.25) is 5.91 Å². The van der Waals surface area contributed by atoms with Crippen LogP contribution in [0, 0.1) is 5.82 Å². The Balaban J connectivity index is 1.67. The van der Waals surface area contributed by atoms with Crippen LogP contribution in [0.25, 0.3) is 16.9 Å². The Morgan fingerprint density at radius 3 is 2.61 bits per heavy atom. The maximum absolute atomic E-state index is 13.5. The molecule has 8 nitrogen and oxygen atoms in total. The Labute approximate surface area is 207 Å². The zero-order valence-corrected chi connectivity index (χ0v) is 19.5. The molecule has 0 saturated carbocycles. The van der Waals surface area contributed by atoms with E-state index in [1.54, 1.807) is 12.1 Å². The summed E-state index contributed by atoms with van der Waals surface area (Å²) in [6.45, 7) is 0.660. The summed E-state index contributed by atoms with van der Waals surface area (Å²) in [5.74, 6) is -0.847. The Morgan fingerprint density at radius 1 is 1.25 bits per heavy atom. The maximum atomic E-state index is 13.5. The number of carbonyl (C=O) groups is 2. The van der Waals surface area contributed by atoms with E-state index in [2.05, 4.69) is 21.0 Å². The lowest BCUT2D eigenvalue weighted by Crippen LogP contribution is -2.38. The first-order valence-electron chi connectivity index (χ1n) is 10.7. The van der Waals surface area contributed by atoms with Crippen molar-refractivity contribution in [2.45, 2.75) is 31.9 Å². The minimum absolute atomic E-state index is 0.101. The van der Waals surface area contributed by atoms with Crippen LogP contribution in [0.15, 0.2) is 48.5 Å². The lowest BCUT2D eigenvalue weighted by molar-refractivity contribution is -0.217. The fourth-order valence-electron chi connectivity index (χ4n) is 3.45. The molecule has 1 aliphatic heterocycles. The number of halogens is 5. The Hall–Kier alpha value is -3.64. The van der Waals surface area contributed by atoms with Crippen LogP contribution in [0.4, 0.5) is 28.2 Å². The van der Waals surface area contributed by atoms with Crippen LogP contribution in [0.3, 0.4) is 0 Å². The summed E-state index contributed by atoms with van der Waals surface area (Å²) >= 11 is 6.24. The molecule has 1 aliphatic rings. The molecular weight excluding hydrogens is 506 g/mol. The SMILES string of the molecule is C[C@@H](OCc1cc(Cl)cc(-c2cc(NC(=O)[C@H]3CNC(=O)N3)nn2-c2ccc(F)cc2)c1)C(F)(F)F. The first-order valence-corrected chi connectivity index (χ1v) is 11.1. The van der Waals surface area contributed by atoms with Crippen molar-refractivity contribution in [3.63, 3.8) is 0 Å². The number of hydrogen-bond donors (Lipinski definition) is 3. The number of amides is 3. The Bertz CT molecular complexity index is 1280. The molecule has 1 saturated heterocycles. The number of carbonyl (C=O) groups excluding carboxylic acids is 2. The normalized spacial score (nSPS) is 16.4. The molecule has 0 bridgehead atoms. The Morgan fingerprint density at radius 2 is 1.97 bits per heavy atom. The molecule has 4 rings (SSSR count). The minimum Gasteiger partial charge on any atom is -0.364 e. The summed E-state index contributed by atoms with van der Waals surface area (Å²) in [4.78, 5) is 23.9. The molecule has 3 aromatic rings. The maximum Gasteiger partial charge on any atom is 0.414 e. The number of benzene rings is 2. The number of ether oxygens (including phenoxy) is 1. The van der Waals surface area contributed by atoms with Gasteiger partial charge >= 0.3 is 12.2 Å². The summed E-state index contributed by atoms with van der Waals surface area (Å²) in [6.07, 6.45) is -6.48. The van der Waals surface area contributed by atoms with Gasteiger partial charge in [0, 0.05) is 23.2 Å². The van der Waals surface area contributed by atoms with E-state index < -0.39 is 36.1 Å². The van der Waals surface area contributed by atoms with Crippen LogP contribution < -0.4 is 16.0 Å². The fourth-order valence-corrected chi connectivity index (χ4v) is 3.71. The van der Waals surface area contributed by atoms with E-state index in [9.17, 15) is 27.2 Å². The third-order valence-corrected chi connectivity index (χ3v) is 5.55. The van der Waals surface area contributed by atoms with Gasteiger partial charge in [0.25, 0.3) is 0 Å². The second-order valence-electron chi connectivity index (χ2n) is 8.04. The van der Waals surface area contributed by atoms with Crippen molar-refractivity contribution in [2.75, 3.05) is 11.9 Å². The summed E-state index contributed by atoms with van der Waals surface area (Å²) in [5.41, 5.74) is 1.71. The standard InChI is InChI=1S/C23H20ClF4N5O3/c1-12(23(26,27)28)36-11-13-6-14(8-15(24)7-13)19-9-20(31-21(34)18-10-29-22(35)30-18)32-33(19)17-4-2-16(25)3-5-17/h2-9,12,18H,10-11H2,1H3,(H2,29,30,35)(H,31,32,34)/t12-,18-/m1/s1. The summed E-state index contributed by atoms with van der Waals surface area (Å²) in [6, 6.07) is 10.3. The van der Waals surface area contributed by atoms with Crippen LogP contribution >= 0.6 is 11.6 Å². The van der Waals surface area contributed by atoms with Crippen molar-refractivity contribution in [1.82, 2.24) is 20.4 Å². The number of nitrogens with zero attached hydrogens (tertiary/aromatic N) is 2. The molecule has 2 heterocycles. The monoisotopic (exact) mass is 525 g/mol.